The van der Waals surface area contributed by atoms with Gasteiger partial charge in [-0.3, -0.25) is 29.2 Å². The van der Waals surface area contributed by atoms with Gasteiger partial charge in [-0.15, -0.1) is 0 Å². The molecule has 1 fully saturated rings. The minimum Gasteiger partial charge on any atom is -0.448 e. The zero-order chi connectivity index (χ0) is 29.2. The molecule has 1 aromatic heterocycles. The molecule has 10 nitrogen and oxygen atoms in total. The number of ether oxygens (including phenoxy) is 1. The Labute approximate surface area is 232 Å². The number of esters is 1. The van der Waals surface area contributed by atoms with Crippen molar-refractivity contribution in [1.29, 1.82) is 0 Å². The van der Waals surface area contributed by atoms with Gasteiger partial charge in [-0.25, -0.2) is 9.82 Å². The lowest BCUT2D eigenvalue weighted by Gasteiger charge is -2.35. The summed E-state index contributed by atoms with van der Waals surface area (Å²) < 4.78 is 19.8. The molecule has 11 heteroatoms. The summed E-state index contributed by atoms with van der Waals surface area (Å²) in [5.74, 6) is -2.51. The molecule has 3 heterocycles. The van der Waals surface area contributed by atoms with Crippen LogP contribution in [-0.4, -0.2) is 64.6 Å². The molecule has 1 aromatic carbocycles. The number of benzene rings is 1. The van der Waals surface area contributed by atoms with Crippen LogP contribution in [-0.2, 0) is 23.9 Å². The van der Waals surface area contributed by atoms with Crippen LogP contribution < -0.4 is 16.1 Å². The molecule has 4 rings (SSSR count). The number of nitrogens with zero attached hydrogens (tertiary/aromatic N) is 2. The second-order valence-corrected chi connectivity index (χ2v) is 11.0. The number of carbonyl (C=O) groups excluding carboxylic acids is 4. The van der Waals surface area contributed by atoms with Gasteiger partial charge in [0, 0.05) is 11.9 Å². The van der Waals surface area contributed by atoms with Gasteiger partial charge in [-0.2, -0.15) is 0 Å². The predicted molar refractivity (Wildman–Crippen MR) is 147 cm³/mol. The number of cyclic esters (lactones) is 1. The topological polar surface area (TPSA) is 130 Å². The Morgan fingerprint density at radius 2 is 1.75 bits per heavy atom. The van der Waals surface area contributed by atoms with Gasteiger partial charge in [0.25, 0.3) is 11.8 Å². The summed E-state index contributed by atoms with van der Waals surface area (Å²) >= 11 is 0. The Morgan fingerprint density at radius 3 is 2.48 bits per heavy atom. The molecular weight excluding hydrogens is 517 g/mol. The molecule has 214 valence electrons. The predicted octanol–water partition coefficient (Wildman–Crippen LogP) is 2.74. The third-order valence-corrected chi connectivity index (χ3v) is 7.17. The number of halogens is 1. The van der Waals surface area contributed by atoms with E-state index in [0.29, 0.717) is 30.6 Å². The van der Waals surface area contributed by atoms with Gasteiger partial charge >= 0.3 is 5.97 Å². The summed E-state index contributed by atoms with van der Waals surface area (Å²) in [4.78, 5) is 56.9. The molecule has 2 aromatic rings. The number of fused-ring (bicyclic) bond motifs is 4. The van der Waals surface area contributed by atoms with Gasteiger partial charge in [0.05, 0.1) is 22.7 Å². The minimum atomic E-state index is -1.82. The van der Waals surface area contributed by atoms with Crippen LogP contribution in [0.2, 0.25) is 0 Å². The van der Waals surface area contributed by atoms with Crippen molar-refractivity contribution < 1.29 is 28.3 Å². The molecule has 1 unspecified atom stereocenters. The molecule has 0 saturated carbocycles. The second kappa shape index (κ2) is 11.7. The van der Waals surface area contributed by atoms with E-state index in [9.17, 15) is 23.6 Å². The highest BCUT2D eigenvalue weighted by atomic mass is 19.1. The van der Waals surface area contributed by atoms with Crippen LogP contribution in [0, 0.1) is 5.41 Å². The van der Waals surface area contributed by atoms with Crippen LogP contribution in [0.15, 0.2) is 36.4 Å². The number of aromatic nitrogens is 1. The van der Waals surface area contributed by atoms with Crippen LogP contribution in [0.3, 0.4) is 0 Å². The molecule has 1 saturated heterocycles. The first-order valence-electron chi connectivity index (χ1n) is 13.5. The lowest BCUT2D eigenvalue weighted by molar-refractivity contribution is -0.166. The van der Waals surface area contributed by atoms with Crippen molar-refractivity contribution in [3.63, 3.8) is 0 Å². The third kappa shape index (κ3) is 6.47. The number of hydrogen-bond donors (Lipinski definition) is 3. The van der Waals surface area contributed by atoms with E-state index in [1.165, 1.54) is 11.9 Å². The number of hydrogen-bond acceptors (Lipinski definition) is 7. The molecular formula is C29H36FN5O5. The van der Waals surface area contributed by atoms with E-state index in [1.54, 1.807) is 26.0 Å². The summed E-state index contributed by atoms with van der Waals surface area (Å²) in [5, 5.41) is 7.62. The average Bonchev–Trinajstić information content (AvgIpc) is 2.92. The lowest BCUT2D eigenvalue weighted by atomic mass is 9.92. The molecule has 5 bridgehead atoms. The van der Waals surface area contributed by atoms with Crippen molar-refractivity contribution in [3.05, 3.63) is 47.7 Å². The minimum absolute atomic E-state index is 0.286. The van der Waals surface area contributed by atoms with Crippen molar-refractivity contribution in [1.82, 2.24) is 26.1 Å². The number of amides is 3. The van der Waals surface area contributed by atoms with Gasteiger partial charge in [-0.1, -0.05) is 30.4 Å². The van der Waals surface area contributed by atoms with Gasteiger partial charge in [-0.05, 0) is 65.2 Å². The molecule has 5 atom stereocenters. The summed E-state index contributed by atoms with van der Waals surface area (Å²) in [6, 6.07) is 7.29. The van der Waals surface area contributed by atoms with Gasteiger partial charge in [0.1, 0.15) is 18.3 Å². The highest BCUT2D eigenvalue weighted by Crippen LogP contribution is 2.25. The Hall–Kier alpha value is -3.86. The lowest BCUT2D eigenvalue weighted by Crippen LogP contribution is -2.61. The molecule has 40 heavy (non-hydrogen) atoms. The fourth-order valence-electron chi connectivity index (χ4n) is 4.60. The summed E-state index contributed by atoms with van der Waals surface area (Å²) in [5.41, 5.74) is 3.90. The fraction of sp³-hybridized carbons (Fsp3) is 0.483. The fourth-order valence-corrected chi connectivity index (χ4v) is 4.60. The average molecular weight is 554 g/mol. The van der Waals surface area contributed by atoms with E-state index in [-0.39, 0.29) is 5.91 Å². The van der Waals surface area contributed by atoms with Crippen molar-refractivity contribution in [2.24, 2.45) is 5.41 Å². The smallest absolute Gasteiger partial charge is 0.316 e. The van der Waals surface area contributed by atoms with Crippen LogP contribution in [0.4, 0.5) is 4.39 Å². The Kier molecular flexibility index (Phi) is 8.53. The summed E-state index contributed by atoms with van der Waals surface area (Å²) in [7, 11) is 0. The number of carbonyl (C=O) groups is 4. The maximum Gasteiger partial charge on any atom is 0.316 e. The van der Waals surface area contributed by atoms with Crippen molar-refractivity contribution in [2.75, 3.05) is 6.54 Å². The van der Waals surface area contributed by atoms with E-state index in [1.807, 2.05) is 37.3 Å². The highest BCUT2D eigenvalue weighted by molar-refractivity contribution is 5.91. The molecule has 2 aliphatic heterocycles. The van der Waals surface area contributed by atoms with Crippen molar-refractivity contribution >= 4 is 40.7 Å². The first-order valence-corrected chi connectivity index (χ1v) is 13.5. The van der Waals surface area contributed by atoms with E-state index >= 15 is 0 Å². The standard InChI is InChI=1S/C29H36FN5O5/c1-16(30)24-26(37)32-18(3)27(38)35-14-6-7-22(34-35)25(36)31-17(2)21-11-10-20-9-8-19(15-23(20)33-21)12-13-29(4,5)28(39)40-24/h8-13,15-18,22,24,34H,6-7,14H2,1-5H3,(H,31,36)(H,32,37)/b13-12+/t16?,17-,18+,22+,24+/m1/s1. The Bertz CT molecular complexity index is 1340. The van der Waals surface area contributed by atoms with Crippen LogP contribution in [0.25, 0.3) is 17.0 Å². The van der Waals surface area contributed by atoms with Gasteiger partial charge in [0.15, 0.2) is 0 Å². The number of alkyl halides is 1. The van der Waals surface area contributed by atoms with Gasteiger partial charge in [0.2, 0.25) is 12.0 Å². The molecule has 0 aliphatic carbocycles. The maximum absolute atomic E-state index is 14.5. The molecule has 3 N–H and O–H groups in total. The van der Waals surface area contributed by atoms with Crippen LogP contribution >= 0.6 is 0 Å². The third-order valence-electron chi connectivity index (χ3n) is 7.17. The van der Waals surface area contributed by atoms with Crippen molar-refractivity contribution in [3.8, 4) is 0 Å². The van der Waals surface area contributed by atoms with E-state index in [4.69, 9.17) is 9.72 Å². The monoisotopic (exact) mass is 553 g/mol. The summed E-state index contributed by atoms with van der Waals surface area (Å²) in [6.07, 6.45) is 0.856. The Balaban J connectivity index is 1.70. The van der Waals surface area contributed by atoms with E-state index in [0.717, 1.165) is 17.9 Å². The van der Waals surface area contributed by atoms with Crippen LogP contribution in [0.1, 0.15) is 64.8 Å². The molecule has 2 aliphatic rings. The molecule has 0 radical (unpaired) electrons. The molecule has 3 amide bonds. The maximum atomic E-state index is 14.5. The molecule has 0 spiro atoms. The Morgan fingerprint density at radius 1 is 1.05 bits per heavy atom. The van der Waals surface area contributed by atoms with E-state index in [2.05, 4.69) is 16.1 Å². The quantitative estimate of drug-likeness (QED) is 0.463. The van der Waals surface area contributed by atoms with Gasteiger partial charge < -0.3 is 15.4 Å². The number of rotatable bonds is 1. The zero-order valence-electron chi connectivity index (χ0n) is 23.4. The first kappa shape index (κ1) is 29.1. The number of nitrogens with one attached hydrogen (secondary N) is 3. The normalized spacial score (nSPS) is 27.9. The first-order chi connectivity index (χ1) is 18.9. The van der Waals surface area contributed by atoms with Crippen molar-refractivity contribution in [2.45, 2.75) is 77.9 Å². The number of hydrazine groups is 1. The largest absolute Gasteiger partial charge is 0.448 e. The second-order valence-electron chi connectivity index (χ2n) is 11.0. The highest BCUT2D eigenvalue weighted by Gasteiger charge is 2.37. The van der Waals surface area contributed by atoms with E-state index < -0.39 is 53.6 Å². The van der Waals surface area contributed by atoms with Crippen LogP contribution in [0.5, 0.6) is 0 Å². The SMILES string of the molecule is CC(F)[C@@H]1OC(=O)C(C)(C)/C=C/c2ccc3ccc(nc3c2)[C@@H](C)NC(=O)[C@@H]2CCCN(N2)C(=O)[C@H](C)NC1=O. The number of pyridine rings is 1. The summed E-state index contributed by atoms with van der Waals surface area (Å²) in [6.45, 7) is 7.93. The zero-order valence-corrected chi connectivity index (χ0v) is 23.4.